The number of rotatable bonds is 4. The molecule has 140 valence electrons. The molecule has 0 bridgehead atoms. The molecule has 0 saturated carbocycles. The van der Waals surface area contributed by atoms with E-state index in [1.54, 1.807) is 24.3 Å². The number of benzene rings is 2. The molecule has 1 unspecified atom stereocenters. The van der Waals surface area contributed by atoms with Gasteiger partial charge in [0.25, 0.3) is 11.7 Å². The number of amides is 3. The van der Waals surface area contributed by atoms with Gasteiger partial charge in [0.1, 0.15) is 5.54 Å². The monoisotopic (exact) mass is 388 g/mol. The predicted octanol–water partition coefficient (Wildman–Crippen LogP) is 3.98. The number of fused-ring (bicyclic) bond motifs is 1. The Morgan fingerprint density at radius 3 is 2.48 bits per heavy atom. The number of hydrogen-bond donors (Lipinski definition) is 1. The normalized spacial score (nSPS) is 21.7. The smallest absolute Gasteiger partial charge is 0.323 e. The fraction of sp³-hybridized carbons (Fsp3) is 0.300. The first-order chi connectivity index (χ1) is 13.0. The summed E-state index contributed by atoms with van der Waals surface area (Å²) in [4.78, 5) is 27.2. The first-order valence-electron chi connectivity index (χ1n) is 8.71. The Labute approximate surface area is 159 Å². The van der Waals surface area contributed by atoms with Crippen molar-refractivity contribution in [3.63, 3.8) is 0 Å². The average Bonchev–Trinajstić information content (AvgIpc) is 2.87. The SMILES string of the molecule is O=C1NC2(CCc3ccccc3C2)C(=O)N1Cc1ccc(SC(F)F)cc1. The summed E-state index contributed by atoms with van der Waals surface area (Å²) in [6, 6.07) is 14.1. The third-order valence-corrected chi connectivity index (χ3v) is 5.89. The molecular weight excluding hydrogens is 370 g/mol. The molecule has 1 atom stereocenters. The number of carbonyl (C=O) groups is 2. The molecule has 4 nitrogen and oxygen atoms in total. The zero-order chi connectivity index (χ0) is 19.0. The highest BCUT2D eigenvalue weighted by Crippen LogP contribution is 2.34. The summed E-state index contributed by atoms with van der Waals surface area (Å²) in [6.07, 6.45) is 1.82. The average molecular weight is 388 g/mol. The summed E-state index contributed by atoms with van der Waals surface area (Å²) in [5, 5.41) is 2.90. The molecule has 1 aliphatic carbocycles. The lowest BCUT2D eigenvalue weighted by Crippen LogP contribution is -2.51. The molecule has 2 aliphatic rings. The molecule has 4 rings (SSSR count). The maximum Gasteiger partial charge on any atom is 0.325 e. The predicted molar refractivity (Wildman–Crippen MR) is 98.6 cm³/mol. The number of imide groups is 1. The fourth-order valence-electron chi connectivity index (χ4n) is 3.80. The van der Waals surface area contributed by atoms with Gasteiger partial charge in [0, 0.05) is 11.3 Å². The van der Waals surface area contributed by atoms with Gasteiger partial charge in [-0.1, -0.05) is 48.2 Å². The van der Waals surface area contributed by atoms with Crippen LogP contribution in [0, 0.1) is 0 Å². The fourth-order valence-corrected chi connectivity index (χ4v) is 4.30. The van der Waals surface area contributed by atoms with Crippen LogP contribution in [0.5, 0.6) is 0 Å². The number of nitrogens with zero attached hydrogens (tertiary/aromatic N) is 1. The van der Waals surface area contributed by atoms with Gasteiger partial charge in [-0.2, -0.15) is 8.78 Å². The van der Waals surface area contributed by atoms with Crippen molar-refractivity contribution < 1.29 is 18.4 Å². The van der Waals surface area contributed by atoms with E-state index in [2.05, 4.69) is 11.4 Å². The molecule has 3 amide bonds. The Morgan fingerprint density at radius 1 is 1.07 bits per heavy atom. The largest absolute Gasteiger partial charge is 0.325 e. The maximum absolute atomic E-state index is 13.1. The van der Waals surface area contributed by atoms with Gasteiger partial charge in [-0.25, -0.2) is 4.79 Å². The van der Waals surface area contributed by atoms with Gasteiger partial charge in [0.05, 0.1) is 6.54 Å². The molecule has 2 aromatic carbocycles. The van der Waals surface area contributed by atoms with E-state index < -0.39 is 17.3 Å². The number of halogens is 2. The van der Waals surface area contributed by atoms with E-state index in [0.29, 0.717) is 29.5 Å². The Bertz CT molecular complexity index is 888. The van der Waals surface area contributed by atoms with Crippen molar-refractivity contribution in [2.24, 2.45) is 0 Å². The molecule has 1 fully saturated rings. The molecule has 2 aromatic rings. The zero-order valence-corrected chi connectivity index (χ0v) is 15.3. The molecule has 1 spiro atoms. The maximum atomic E-state index is 13.1. The summed E-state index contributed by atoms with van der Waals surface area (Å²) in [5.41, 5.74) is 2.16. The van der Waals surface area contributed by atoms with Gasteiger partial charge in [-0.3, -0.25) is 9.69 Å². The van der Waals surface area contributed by atoms with Gasteiger partial charge in [0.2, 0.25) is 0 Å². The molecule has 1 heterocycles. The van der Waals surface area contributed by atoms with E-state index in [1.165, 1.54) is 10.5 Å². The van der Waals surface area contributed by atoms with E-state index in [-0.39, 0.29) is 12.5 Å². The highest BCUT2D eigenvalue weighted by Gasteiger charge is 2.52. The second-order valence-corrected chi connectivity index (χ2v) is 7.93. The van der Waals surface area contributed by atoms with Crippen molar-refractivity contribution in [2.45, 2.75) is 42.0 Å². The summed E-state index contributed by atoms with van der Waals surface area (Å²) < 4.78 is 24.8. The van der Waals surface area contributed by atoms with Crippen molar-refractivity contribution in [3.05, 3.63) is 65.2 Å². The summed E-state index contributed by atoms with van der Waals surface area (Å²) in [7, 11) is 0. The van der Waals surface area contributed by atoms with E-state index in [0.717, 1.165) is 17.5 Å². The van der Waals surface area contributed by atoms with Crippen LogP contribution in [0.25, 0.3) is 0 Å². The first kappa shape index (κ1) is 18.0. The number of thioether (sulfide) groups is 1. The standard InChI is InChI=1S/C20H18F2N2O2S/c21-18(22)27-16-7-5-13(6-8-16)12-24-17(25)20(23-19(24)26)10-9-14-3-1-2-4-15(14)11-20/h1-8,18H,9-12H2,(H,23,26). The van der Waals surface area contributed by atoms with E-state index in [9.17, 15) is 18.4 Å². The molecule has 7 heteroatoms. The minimum atomic E-state index is -2.48. The molecule has 0 aromatic heterocycles. The van der Waals surface area contributed by atoms with Gasteiger partial charge >= 0.3 is 6.03 Å². The molecule has 1 aliphatic heterocycles. The van der Waals surface area contributed by atoms with Gasteiger partial charge in [-0.05, 0) is 41.7 Å². The van der Waals surface area contributed by atoms with E-state index in [1.807, 2.05) is 18.2 Å². The number of urea groups is 1. The van der Waals surface area contributed by atoms with Crippen molar-refractivity contribution in [1.29, 1.82) is 0 Å². The first-order valence-corrected chi connectivity index (χ1v) is 9.59. The Balaban J connectivity index is 1.50. The highest BCUT2D eigenvalue weighted by atomic mass is 32.2. The minimum absolute atomic E-state index is 0.133. The second kappa shape index (κ2) is 6.96. The van der Waals surface area contributed by atoms with Crippen LogP contribution in [0.4, 0.5) is 13.6 Å². The number of aryl methyl sites for hydroxylation is 1. The summed E-state index contributed by atoms with van der Waals surface area (Å²) >= 11 is 0.469. The molecule has 1 saturated heterocycles. The highest BCUT2D eigenvalue weighted by molar-refractivity contribution is 7.99. The van der Waals surface area contributed by atoms with Crippen LogP contribution in [0.3, 0.4) is 0 Å². The van der Waals surface area contributed by atoms with E-state index in [4.69, 9.17) is 0 Å². The summed E-state index contributed by atoms with van der Waals surface area (Å²) in [5.74, 6) is -2.69. The van der Waals surface area contributed by atoms with Gasteiger partial charge < -0.3 is 5.32 Å². The van der Waals surface area contributed by atoms with Crippen molar-refractivity contribution in [2.75, 3.05) is 0 Å². The number of nitrogens with one attached hydrogen (secondary N) is 1. The summed E-state index contributed by atoms with van der Waals surface area (Å²) in [6.45, 7) is 0.133. The van der Waals surface area contributed by atoms with E-state index >= 15 is 0 Å². The zero-order valence-electron chi connectivity index (χ0n) is 14.5. The number of hydrogen-bond acceptors (Lipinski definition) is 3. The molecule has 1 N–H and O–H groups in total. The number of alkyl halides is 2. The Hall–Kier alpha value is -2.41. The third kappa shape index (κ3) is 3.43. The quantitative estimate of drug-likeness (QED) is 0.637. The lowest BCUT2D eigenvalue weighted by molar-refractivity contribution is -0.132. The van der Waals surface area contributed by atoms with Gasteiger partial charge in [-0.15, -0.1) is 0 Å². The number of carbonyl (C=O) groups excluding carboxylic acids is 2. The van der Waals surface area contributed by atoms with Crippen molar-refractivity contribution in [1.82, 2.24) is 10.2 Å². The van der Waals surface area contributed by atoms with Crippen LogP contribution in [-0.2, 0) is 24.2 Å². The van der Waals surface area contributed by atoms with Crippen LogP contribution >= 0.6 is 11.8 Å². The van der Waals surface area contributed by atoms with Crippen molar-refractivity contribution in [3.8, 4) is 0 Å². The molecular formula is C20H18F2N2O2S. The van der Waals surface area contributed by atoms with Crippen LogP contribution in [0.15, 0.2) is 53.4 Å². The molecule has 0 radical (unpaired) electrons. The minimum Gasteiger partial charge on any atom is -0.323 e. The third-order valence-electron chi connectivity index (χ3n) is 5.17. The lowest BCUT2D eigenvalue weighted by atomic mass is 9.78. The van der Waals surface area contributed by atoms with Crippen LogP contribution in [0.2, 0.25) is 0 Å². The lowest BCUT2D eigenvalue weighted by Gasteiger charge is -2.32. The second-order valence-electron chi connectivity index (χ2n) is 6.87. The Kier molecular flexibility index (Phi) is 4.63. The Morgan fingerprint density at radius 2 is 1.78 bits per heavy atom. The van der Waals surface area contributed by atoms with Crippen LogP contribution < -0.4 is 5.32 Å². The topological polar surface area (TPSA) is 49.4 Å². The van der Waals surface area contributed by atoms with Crippen LogP contribution in [0.1, 0.15) is 23.1 Å². The van der Waals surface area contributed by atoms with Gasteiger partial charge in [0.15, 0.2) is 0 Å². The van der Waals surface area contributed by atoms with Crippen LogP contribution in [-0.4, -0.2) is 28.1 Å². The molecule has 27 heavy (non-hydrogen) atoms. The van der Waals surface area contributed by atoms with Crippen molar-refractivity contribution >= 4 is 23.7 Å².